The van der Waals surface area contributed by atoms with Gasteiger partial charge in [0.05, 0.1) is 23.5 Å². The number of benzene rings is 1. The van der Waals surface area contributed by atoms with Gasteiger partial charge in [-0.3, -0.25) is 0 Å². The first-order chi connectivity index (χ1) is 7.90. The number of nitrogen functional groups attached to an aromatic ring is 1. The highest BCUT2D eigenvalue weighted by atomic mass is 16.5. The molecule has 1 rings (SSSR count). The Morgan fingerprint density at radius 2 is 1.82 bits per heavy atom. The lowest BCUT2D eigenvalue weighted by Crippen LogP contribution is -2.12. The SMILES string of the molecule is CC(C)OC(=O)c1ccc(OC(C)C)c(N)c1. The van der Waals surface area contributed by atoms with Crippen molar-refractivity contribution < 1.29 is 14.3 Å². The molecule has 0 atom stereocenters. The van der Waals surface area contributed by atoms with Gasteiger partial charge in [0.1, 0.15) is 5.75 Å². The molecule has 1 aromatic carbocycles. The van der Waals surface area contributed by atoms with Crippen LogP contribution in [-0.4, -0.2) is 18.2 Å². The molecule has 0 unspecified atom stereocenters. The lowest BCUT2D eigenvalue weighted by atomic mass is 10.2. The quantitative estimate of drug-likeness (QED) is 0.646. The summed E-state index contributed by atoms with van der Waals surface area (Å²) in [4.78, 5) is 11.6. The Hall–Kier alpha value is -1.71. The van der Waals surface area contributed by atoms with Crippen LogP contribution in [0.15, 0.2) is 18.2 Å². The second-order valence-electron chi connectivity index (χ2n) is 4.37. The zero-order valence-corrected chi connectivity index (χ0v) is 10.7. The maximum Gasteiger partial charge on any atom is 0.338 e. The van der Waals surface area contributed by atoms with Gasteiger partial charge in [0.15, 0.2) is 0 Å². The van der Waals surface area contributed by atoms with Crippen LogP contribution in [0.1, 0.15) is 38.1 Å². The van der Waals surface area contributed by atoms with Crippen LogP contribution in [0, 0.1) is 0 Å². The summed E-state index contributed by atoms with van der Waals surface area (Å²) in [5.74, 6) is 0.212. The normalized spacial score (nSPS) is 10.7. The average molecular weight is 237 g/mol. The van der Waals surface area contributed by atoms with Crippen molar-refractivity contribution >= 4 is 11.7 Å². The Labute approximate surface area is 102 Å². The van der Waals surface area contributed by atoms with Crippen molar-refractivity contribution in [1.82, 2.24) is 0 Å². The number of esters is 1. The number of carbonyl (C=O) groups is 1. The summed E-state index contributed by atoms with van der Waals surface area (Å²) in [5.41, 5.74) is 6.68. The first-order valence-electron chi connectivity index (χ1n) is 5.67. The standard InChI is InChI=1S/C13H19NO3/c1-8(2)16-12-6-5-10(7-11(12)14)13(15)17-9(3)4/h5-9H,14H2,1-4H3. The summed E-state index contributed by atoms with van der Waals surface area (Å²) in [6.45, 7) is 7.44. The number of anilines is 1. The van der Waals surface area contributed by atoms with Crippen molar-refractivity contribution in [1.29, 1.82) is 0 Å². The Balaban J connectivity index is 2.85. The van der Waals surface area contributed by atoms with Crippen LogP contribution in [0.25, 0.3) is 0 Å². The molecule has 0 heterocycles. The van der Waals surface area contributed by atoms with Crippen LogP contribution in [0.5, 0.6) is 5.75 Å². The van der Waals surface area contributed by atoms with Crippen molar-refractivity contribution in [3.05, 3.63) is 23.8 Å². The molecule has 17 heavy (non-hydrogen) atoms. The molecule has 4 nitrogen and oxygen atoms in total. The molecule has 0 amide bonds. The summed E-state index contributed by atoms with van der Waals surface area (Å²) in [6, 6.07) is 4.91. The van der Waals surface area contributed by atoms with E-state index in [1.165, 1.54) is 0 Å². The number of hydrogen-bond acceptors (Lipinski definition) is 4. The van der Waals surface area contributed by atoms with E-state index in [4.69, 9.17) is 15.2 Å². The molecule has 0 aliphatic rings. The van der Waals surface area contributed by atoms with Gasteiger partial charge in [-0.25, -0.2) is 4.79 Å². The summed E-state index contributed by atoms with van der Waals surface area (Å²) in [7, 11) is 0. The molecule has 0 aromatic heterocycles. The molecule has 0 spiro atoms. The van der Waals surface area contributed by atoms with Crippen LogP contribution in [0.4, 0.5) is 5.69 Å². The average Bonchev–Trinajstić information content (AvgIpc) is 2.19. The fourth-order valence-electron chi connectivity index (χ4n) is 1.32. The minimum Gasteiger partial charge on any atom is -0.489 e. The van der Waals surface area contributed by atoms with Crippen LogP contribution in [0.2, 0.25) is 0 Å². The lowest BCUT2D eigenvalue weighted by molar-refractivity contribution is 0.0378. The Bertz CT molecular complexity index is 400. The molecular formula is C13H19NO3. The van der Waals surface area contributed by atoms with Gasteiger partial charge >= 0.3 is 5.97 Å². The highest BCUT2D eigenvalue weighted by molar-refractivity contribution is 5.91. The van der Waals surface area contributed by atoms with Gasteiger partial charge in [-0.1, -0.05) is 0 Å². The summed E-state index contributed by atoms with van der Waals surface area (Å²) < 4.78 is 10.6. The molecule has 2 N–H and O–H groups in total. The van der Waals surface area contributed by atoms with E-state index in [9.17, 15) is 4.79 Å². The molecule has 4 heteroatoms. The molecule has 0 saturated heterocycles. The molecule has 0 fully saturated rings. The molecule has 0 saturated carbocycles. The molecule has 0 aliphatic heterocycles. The number of ether oxygens (including phenoxy) is 2. The van der Waals surface area contributed by atoms with E-state index >= 15 is 0 Å². The second-order valence-corrected chi connectivity index (χ2v) is 4.37. The lowest BCUT2D eigenvalue weighted by Gasteiger charge is -2.13. The molecule has 94 valence electrons. The van der Waals surface area contributed by atoms with Gasteiger partial charge in [0.2, 0.25) is 0 Å². The minimum atomic E-state index is -0.372. The second kappa shape index (κ2) is 5.57. The van der Waals surface area contributed by atoms with E-state index in [1.807, 2.05) is 13.8 Å². The third-order valence-electron chi connectivity index (χ3n) is 1.95. The van der Waals surface area contributed by atoms with Gasteiger partial charge in [-0.2, -0.15) is 0 Å². The predicted molar refractivity (Wildman–Crippen MR) is 67.2 cm³/mol. The smallest absolute Gasteiger partial charge is 0.338 e. The van der Waals surface area contributed by atoms with E-state index in [1.54, 1.807) is 32.0 Å². The maximum absolute atomic E-state index is 11.6. The summed E-state index contributed by atoms with van der Waals surface area (Å²) in [6.07, 6.45) is -0.0962. The highest BCUT2D eigenvalue weighted by Crippen LogP contribution is 2.24. The minimum absolute atomic E-state index is 0.0470. The van der Waals surface area contributed by atoms with Crippen molar-refractivity contribution in [3.63, 3.8) is 0 Å². The fourth-order valence-corrected chi connectivity index (χ4v) is 1.32. The Kier molecular flexibility index (Phi) is 4.37. The van der Waals surface area contributed by atoms with Gasteiger partial charge < -0.3 is 15.2 Å². The van der Waals surface area contributed by atoms with E-state index in [2.05, 4.69) is 0 Å². The van der Waals surface area contributed by atoms with Gasteiger partial charge in [-0.05, 0) is 45.9 Å². The van der Waals surface area contributed by atoms with Crippen molar-refractivity contribution in [3.8, 4) is 5.75 Å². The van der Waals surface area contributed by atoms with E-state index in [0.29, 0.717) is 17.0 Å². The molecule has 0 bridgehead atoms. The monoisotopic (exact) mass is 237 g/mol. The van der Waals surface area contributed by atoms with Crippen molar-refractivity contribution in [2.75, 3.05) is 5.73 Å². The number of nitrogens with two attached hydrogens (primary N) is 1. The molecule has 0 aliphatic carbocycles. The molecule has 1 aromatic rings. The fraction of sp³-hybridized carbons (Fsp3) is 0.462. The largest absolute Gasteiger partial charge is 0.489 e. The number of hydrogen-bond donors (Lipinski definition) is 1. The number of rotatable bonds is 4. The van der Waals surface area contributed by atoms with Gasteiger partial charge in [0, 0.05) is 0 Å². The number of carbonyl (C=O) groups excluding carboxylic acids is 1. The molecule has 0 radical (unpaired) electrons. The molecular weight excluding hydrogens is 218 g/mol. The third kappa shape index (κ3) is 3.98. The Morgan fingerprint density at radius 1 is 1.18 bits per heavy atom. The third-order valence-corrected chi connectivity index (χ3v) is 1.95. The maximum atomic E-state index is 11.6. The van der Waals surface area contributed by atoms with Gasteiger partial charge in [-0.15, -0.1) is 0 Å². The van der Waals surface area contributed by atoms with Crippen LogP contribution in [-0.2, 0) is 4.74 Å². The van der Waals surface area contributed by atoms with Crippen LogP contribution in [0.3, 0.4) is 0 Å². The topological polar surface area (TPSA) is 61.5 Å². The van der Waals surface area contributed by atoms with Crippen LogP contribution < -0.4 is 10.5 Å². The van der Waals surface area contributed by atoms with Crippen molar-refractivity contribution in [2.45, 2.75) is 39.9 Å². The summed E-state index contributed by atoms with van der Waals surface area (Å²) in [5, 5.41) is 0. The predicted octanol–water partition coefficient (Wildman–Crippen LogP) is 2.62. The van der Waals surface area contributed by atoms with E-state index in [0.717, 1.165) is 0 Å². The summed E-state index contributed by atoms with van der Waals surface area (Å²) >= 11 is 0. The zero-order valence-electron chi connectivity index (χ0n) is 10.7. The van der Waals surface area contributed by atoms with E-state index in [-0.39, 0.29) is 18.2 Å². The van der Waals surface area contributed by atoms with Crippen molar-refractivity contribution in [2.24, 2.45) is 0 Å². The highest BCUT2D eigenvalue weighted by Gasteiger charge is 2.12. The van der Waals surface area contributed by atoms with E-state index < -0.39 is 0 Å². The van der Waals surface area contributed by atoms with Crippen LogP contribution >= 0.6 is 0 Å². The Morgan fingerprint density at radius 3 is 2.29 bits per heavy atom. The first kappa shape index (κ1) is 13.4. The zero-order chi connectivity index (χ0) is 13.0. The van der Waals surface area contributed by atoms with Gasteiger partial charge in [0.25, 0.3) is 0 Å². The first-order valence-corrected chi connectivity index (χ1v) is 5.67.